The number of rotatable bonds is 2. The lowest BCUT2D eigenvalue weighted by molar-refractivity contribution is -0.192. The van der Waals surface area contributed by atoms with Crippen molar-refractivity contribution in [2.24, 2.45) is 0 Å². The number of halogens is 3. The summed E-state index contributed by atoms with van der Waals surface area (Å²) >= 11 is 1.99. The van der Waals surface area contributed by atoms with Crippen LogP contribution in [0.4, 0.5) is 19.0 Å². The first-order valence-electron chi connectivity index (χ1n) is 8.85. The summed E-state index contributed by atoms with van der Waals surface area (Å²) in [5.41, 5.74) is 3.89. The Balaban J connectivity index is 0.000000298. The predicted molar refractivity (Wildman–Crippen MR) is 103 cm³/mol. The van der Waals surface area contributed by atoms with Gasteiger partial charge in [-0.15, -0.1) is 0 Å². The molecule has 3 N–H and O–H groups in total. The van der Waals surface area contributed by atoms with E-state index in [0.29, 0.717) is 6.54 Å². The zero-order valence-electron chi connectivity index (χ0n) is 15.3. The molecule has 2 aromatic heterocycles. The number of hydrogen-bond donors (Lipinski definition) is 3. The second-order valence-electron chi connectivity index (χ2n) is 6.39. The van der Waals surface area contributed by atoms with Crippen molar-refractivity contribution in [1.82, 2.24) is 15.3 Å². The van der Waals surface area contributed by atoms with E-state index in [1.165, 1.54) is 0 Å². The summed E-state index contributed by atoms with van der Waals surface area (Å²) in [6, 6.07) is 6.07. The van der Waals surface area contributed by atoms with E-state index >= 15 is 0 Å². The van der Waals surface area contributed by atoms with Crippen molar-refractivity contribution < 1.29 is 27.9 Å². The molecule has 1 amide bonds. The van der Waals surface area contributed by atoms with E-state index in [2.05, 4.69) is 26.3 Å². The molecule has 4 heterocycles. The molecule has 0 aliphatic carbocycles. The van der Waals surface area contributed by atoms with Gasteiger partial charge in [-0.2, -0.15) is 24.9 Å². The Morgan fingerprint density at radius 3 is 2.55 bits per heavy atom. The van der Waals surface area contributed by atoms with Crippen LogP contribution in [0, 0.1) is 0 Å². The number of amides is 1. The van der Waals surface area contributed by atoms with E-state index in [0.717, 1.165) is 59.3 Å². The number of carboxylic acid groups (broad SMARTS) is 1. The number of H-pyrrole nitrogens is 1. The van der Waals surface area contributed by atoms with Crippen LogP contribution in [0.1, 0.15) is 16.1 Å². The Bertz CT molecular complexity index is 895. The number of aromatic amines is 1. The van der Waals surface area contributed by atoms with Gasteiger partial charge in [0.2, 0.25) is 0 Å². The first-order chi connectivity index (χ1) is 13.8. The van der Waals surface area contributed by atoms with Gasteiger partial charge in [0.1, 0.15) is 5.82 Å². The third-order valence-electron chi connectivity index (χ3n) is 4.44. The van der Waals surface area contributed by atoms with E-state index in [4.69, 9.17) is 9.90 Å². The zero-order chi connectivity index (χ0) is 21.0. The van der Waals surface area contributed by atoms with Crippen molar-refractivity contribution in [2.45, 2.75) is 12.6 Å². The van der Waals surface area contributed by atoms with Crippen LogP contribution in [0.15, 0.2) is 24.4 Å². The molecule has 2 aliphatic rings. The maximum Gasteiger partial charge on any atom is 0.490 e. The van der Waals surface area contributed by atoms with Gasteiger partial charge < -0.3 is 20.3 Å². The van der Waals surface area contributed by atoms with Crippen molar-refractivity contribution >= 4 is 29.5 Å². The lowest BCUT2D eigenvalue weighted by atomic mass is 10.1. The number of carbonyl (C=O) groups excluding carboxylic acids is 1. The molecule has 0 bridgehead atoms. The number of aromatic nitrogens is 2. The van der Waals surface area contributed by atoms with E-state index < -0.39 is 12.1 Å². The molecule has 0 atom stereocenters. The fourth-order valence-corrected chi connectivity index (χ4v) is 3.90. The van der Waals surface area contributed by atoms with E-state index in [1.54, 1.807) is 0 Å². The number of hydrogen-bond acceptors (Lipinski definition) is 5. The second-order valence-corrected chi connectivity index (χ2v) is 7.61. The van der Waals surface area contributed by atoms with Crippen molar-refractivity contribution in [1.29, 1.82) is 0 Å². The number of alkyl halides is 3. The molecular weight excluding hydrogens is 409 g/mol. The molecule has 29 heavy (non-hydrogen) atoms. The van der Waals surface area contributed by atoms with Crippen molar-refractivity contribution in [3.05, 3.63) is 35.7 Å². The molecule has 11 heteroatoms. The van der Waals surface area contributed by atoms with Crippen LogP contribution in [-0.2, 0) is 11.2 Å². The first-order valence-corrected chi connectivity index (χ1v) is 10.0. The zero-order valence-corrected chi connectivity index (χ0v) is 16.1. The minimum Gasteiger partial charge on any atom is -0.475 e. The number of nitrogens with one attached hydrogen (secondary N) is 2. The number of nitrogens with zero attached hydrogens (tertiary/aromatic N) is 2. The summed E-state index contributed by atoms with van der Waals surface area (Å²) in [5.74, 6) is 0.597. The number of fused-ring (bicyclic) bond motifs is 1. The summed E-state index contributed by atoms with van der Waals surface area (Å²) < 4.78 is 31.7. The Morgan fingerprint density at radius 1 is 1.24 bits per heavy atom. The molecular formula is C18H19F3N4O3S. The minimum atomic E-state index is -5.08. The number of carbonyl (C=O) groups is 2. The molecule has 1 fully saturated rings. The summed E-state index contributed by atoms with van der Waals surface area (Å²) in [5, 5.41) is 10.0. The normalized spacial score (nSPS) is 16.4. The van der Waals surface area contributed by atoms with Crippen LogP contribution in [0.25, 0.3) is 11.3 Å². The lowest BCUT2D eigenvalue weighted by Crippen LogP contribution is -2.33. The number of anilines is 1. The van der Waals surface area contributed by atoms with Crippen LogP contribution in [0.2, 0.25) is 0 Å². The number of pyridine rings is 1. The Morgan fingerprint density at radius 2 is 1.93 bits per heavy atom. The summed E-state index contributed by atoms with van der Waals surface area (Å²) in [6.45, 7) is 2.80. The summed E-state index contributed by atoms with van der Waals surface area (Å²) in [6.07, 6.45) is -2.37. The van der Waals surface area contributed by atoms with Gasteiger partial charge in [-0.3, -0.25) is 4.79 Å². The minimum absolute atomic E-state index is 0.0195. The molecule has 0 aromatic carbocycles. The van der Waals surface area contributed by atoms with Gasteiger partial charge in [0.25, 0.3) is 5.91 Å². The molecule has 2 aromatic rings. The topological polar surface area (TPSA) is 98.3 Å². The average Bonchev–Trinajstić information content (AvgIpc) is 3.14. The SMILES string of the molecule is O=C(O)C(F)(F)F.O=C1NCCc2[nH]c(-c3ccnc(N4CCSCC4)c3)cc21. The second kappa shape index (κ2) is 8.76. The van der Waals surface area contributed by atoms with Gasteiger partial charge in [-0.05, 0) is 18.2 Å². The Labute approximate surface area is 168 Å². The average molecular weight is 428 g/mol. The lowest BCUT2D eigenvalue weighted by Gasteiger charge is -2.27. The van der Waals surface area contributed by atoms with Crippen LogP contribution in [0.5, 0.6) is 0 Å². The third-order valence-corrected chi connectivity index (χ3v) is 5.38. The van der Waals surface area contributed by atoms with Crippen LogP contribution >= 0.6 is 11.8 Å². The third kappa shape index (κ3) is 5.22. The van der Waals surface area contributed by atoms with Gasteiger partial charge in [-0.25, -0.2) is 9.78 Å². The molecule has 0 unspecified atom stereocenters. The van der Waals surface area contributed by atoms with Gasteiger partial charge >= 0.3 is 12.1 Å². The molecule has 2 aliphatic heterocycles. The van der Waals surface area contributed by atoms with E-state index in [1.807, 2.05) is 30.1 Å². The largest absolute Gasteiger partial charge is 0.490 e. The van der Waals surface area contributed by atoms with Crippen LogP contribution in [-0.4, -0.2) is 64.3 Å². The number of carboxylic acids is 1. The van der Waals surface area contributed by atoms with Gasteiger partial charge in [0, 0.05) is 60.7 Å². The van der Waals surface area contributed by atoms with E-state index in [-0.39, 0.29) is 5.91 Å². The van der Waals surface area contributed by atoms with Crippen LogP contribution < -0.4 is 10.2 Å². The highest BCUT2D eigenvalue weighted by Crippen LogP contribution is 2.27. The molecule has 1 saturated heterocycles. The Kier molecular flexibility index (Phi) is 6.36. The monoisotopic (exact) mass is 428 g/mol. The van der Waals surface area contributed by atoms with Crippen molar-refractivity contribution in [3.63, 3.8) is 0 Å². The van der Waals surface area contributed by atoms with Gasteiger partial charge in [0.05, 0.1) is 5.56 Å². The smallest absolute Gasteiger partial charge is 0.475 e. The van der Waals surface area contributed by atoms with Gasteiger partial charge in [-0.1, -0.05) is 0 Å². The first kappa shape index (κ1) is 21.0. The molecule has 4 rings (SSSR count). The quantitative estimate of drug-likeness (QED) is 0.680. The number of thioether (sulfide) groups is 1. The highest BCUT2D eigenvalue weighted by atomic mass is 32.2. The molecule has 0 saturated carbocycles. The van der Waals surface area contributed by atoms with Crippen LogP contribution in [0.3, 0.4) is 0 Å². The maximum absolute atomic E-state index is 11.9. The van der Waals surface area contributed by atoms with Crippen molar-refractivity contribution in [3.8, 4) is 11.3 Å². The van der Waals surface area contributed by atoms with Crippen molar-refractivity contribution in [2.75, 3.05) is 36.0 Å². The fourth-order valence-electron chi connectivity index (χ4n) is 3.00. The fraction of sp³-hybridized carbons (Fsp3) is 0.389. The molecule has 0 spiro atoms. The molecule has 7 nitrogen and oxygen atoms in total. The van der Waals surface area contributed by atoms with Gasteiger partial charge in [0.15, 0.2) is 0 Å². The highest BCUT2D eigenvalue weighted by molar-refractivity contribution is 7.99. The van der Waals surface area contributed by atoms with E-state index in [9.17, 15) is 18.0 Å². The maximum atomic E-state index is 11.9. The summed E-state index contributed by atoms with van der Waals surface area (Å²) in [4.78, 5) is 31.0. The molecule has 156 valence electrons. The Hall–Kier alpha value is -2.69. The molecule has 0 radical (unpaired) electrons. The predicted octanol–water partition coefficient (Wildman–Crippen LogP) is 2.55. The highest BCUT2D eigenvalue weighted by Gasteiger charge is 2.38. The standard InChI is InChI=1S/C16H18N4OS.C2HF3O2/c21-16-12-10-14(19-13(12)2-4-18-16)11-1-3-17-15(9-11)20-5-7-22-8-6-20;3-2(4,5)1(6)7/h1,3,9-10,19H,2,4-8H2,(H,18,21);(H,6,7). The summed E-state index contributed by atoms with van der Waals surface area (Å²) in [7, 11) is 0. The number of aliphatic carboxylic acids is 1.